The maximum absolute atomic E-state index is 13.9. The molecule has 184 valence electrons. The zero-order valence-corrected chi connectivity index (χ0v) is 20.8. The summed E-state index contributed by atoms with van der Waals surface area (Å²) in [5.41, 5.74) is 3.48. The molecule has 5 aromatic rings. The van der Waals surface area contributed by atoms with Gasteiger partial charge in [0.05, 0.1) is 11.6 Å². The summed E-state index contributed by atoms with van der Waals surface area (Å²) in [4.78, 5) is 34.0. The topological polar surface area (TPSA) is 89.8 Å². The monoisotopic (exact) mass is 511 g/mol. The van der Waals surface area contributed by atoms with Crippen LogP contribution in [0.4, 0.5) is 11.4 Å². The minimum absolute atomic E-state index is 0.0151. The summed E-state index contributed by atoms with van der Waals surface area (Å²) in [6.07, 6.45) is 1.77. The largest absolute Gasteiger partial charge is 0.503 e. The Labute approximate surface area is 217 Å². The fourth-order valence-electron chi connectivity index (χ4n) is 4.89. The summed E-state index contributed by atoms with van der Waals surface area (Å²) in [6, 6.07) is 20.7. The average Bonchev–Trinajstić information content (AvgIpc) is 3.58. The van der Waals surface area contributed by atoms with E-state index in [1.165, 1.54) is 4.90 Å². The molecule has 6 rings (SSSR count). The SMILES string of the molecule is CN(C)c1ccc(N2C(=O)C(O)=C(C(=O)c3cc4cc(Cl)ccc4o3)C2c2c[nH]c3ccccc23)cc1. The van der Waals surface area contributed by atoms with E-state index >= 15 is 0 Å². The first-order valence-electron chi connectivity index (χ1n) is 11.7. The minimum atomic E-state index is -0.877. The standard InChI is InChI=1S/C29H22ClN3O4/c1-32(2)18-8-10-19(11-9-18)33-26(21-15-31-22-6-4-3-5-20(21)22)25(28(35)29(33)36)27(34)24-14-16-13-17(30)7-12-23(16)37-24/h3-15,26,31,35H,1-2H3. The number of benzene rings is 3. The third-order valence-corrected chi connectivity index (χ3v) is 6.95. The maximum Gasteiger partial charge on any atom is 0.294 e. The van der Waals surface area contributed by atoms with Crippen molar-refractivity contribution >= 4 is 56.5 Å². The molecular formula is C29H22ClN3O4. The van der Waals surface area contributed by atoms with Crippen molar-refractivity contribution in [2.45, 2.75) is 6.04 Å². The quantitative estimate of drug-likeness (QED) is 0.266. The van der Waals surface area contributed by atoms with Gasteiger partial charge in [0.15, 0.2) is 11.5 Å². The van der Waals surface area contributed by atoms with Crippen molar-refractivity contribution in [3.05, 3.63) is 107 Å². The summed E-state index contributed by atoms with van der Waals surface area (Å²) in [7, 11) is 3.85. The number of halogens is 1. The van der Waals surface area contributed by atoms with Crippen LogP contribution in [0.25, 0.3) is 21.9 Å². The Morgan fingerprint density at radius 1 is 1.05 bits per heavy atom. The molecule has 0 fully saturated rings. The molecule has 0 bridgehead atoms. The van der Waals surface area contributed by atoms with Gasteiger partial charge in [0.1, 0.15) is 5.58 Å². The Hall–Kier alpha value is -4.49. The molecular weight excluding hydrogens is 490 g/mol. The van der Waals surface area contributed by atoms with Crippen molar-refractivity contribution < 1.29 is 19.1 Å². The molecule has 1 atom stereocenters. The molecule has 0 aliphatic carbocycles. The number of aliphatic hydroxyl groups is 1. The van der Waals surface area contributed by atoms with Gasteiger partial charge >= 0.3 is 0 Å². The lowest BCUT2D eigenvalue weighted by Crippen LogP contribution is -2.31. The number of carbonyl (C=O) groups is 2. The molecule has 1 unspecified atom stereocenters. The van der Waals surface area contributed by atoms with E-state index in [4.69, 9.17) is 16.0 Å². The van der Waals surface area contributed by atoms with Gasteiger partial charge in [-0.05, 0) is 54.6 Å². The number of fused-ring (bicyclic) bond motifs is 2. The molecule has 0 spiro atoms. The number of aliphatic hydroxyl groups excluding tert-OH is 1. The zero-order valence-electron chi connectivity index (χ0n) is 20.0. The highest BCUT2D eigenvalue weighted by molar-refractivity contribution is 6.31. The van der Waals surface area contributed by atoms with Gasteiger partial charge in [-0.15, -0.1) is 0 Å². The number of anilines is 2. The van der Waals surface area contributed by atoms with Crippen LogP contribution in [0.5, 0.6) is 0 Å². The first-order valence-corrected chi connectivity index (χ1v) is 12.0. The van der Waals surface area contributed by atoms with Crippen LogP contribution in [0.15, 0.2) is 94.7 Å². The second-order valence-corrected chi connectivity index (χ2v) is 9.60. The Morgan fingerprint density at radius 3 is 2.57 bits per heavy atom. The molecule has 1 aliphatic rings. The van der Waals surface area contributed by atoms with E-state index in [1.54, 1.807) is 42.6 Å². The molecule has 8 heteroatoms. The Bertz CT molecular complexity index is 1730. The Kier molecular flexibility index (Phi) is 5.31. The van der Waals surface area contributed by atoms with Gasteiger partial charge < -0.3 is 19.4 Å². The molecule has 2 N–H and O–H groups in total. The van der Waals surface area contributed by atoms with Crippen LogP contribution in [-0.2, 0) is 4.79 Å². The number of aromatic amines is 1. The molecule has 7 nitrogen and oxygen atoms in total. The summed E-state index contributed by atoms with van der Waals surface area (Å²) in [5, 5.41) is 13.1. The van der Waals surface area contributed by atoms with Crippen LogP contribution >= 0.6 is 11.6 Å². The number of hydrogen-bond acceptors (Lipinski definition) is 5. The zero-order chi connectivity index (χ0) is 25.8. The second-order valence-electron chi connectivity index (χ2n) is 9.16. The number of para-hydroxylation sites is 1. The van der Waals surface area contributed by atoms with Crippen molar-refractivity contribution in [1.82, 2.24) is 4.98 Å². The van der Waals surface area contributed by atoms with Crippen LogP contribution in [0.2, 0.25) is 5.02 Å². The summed E-state index contributed by atoms with van der Waals surface area (Å²) >= 11 is 6.11. The highest BCUT2D eigenvalue weighted by Gasteiger charge is 2.46. The number of carbonyl (C=O) groups excluding carboxylic acids is 2. The number of nitrogens with one attached hydrogen (secondary N) is 1. The van der Waals surface area contributed by atoms with E-state index in [0.717, 1.165) is 16.6 Å². The van der Waals surface area contributed by atoms with Crippen LogP contribution in [0, 0.1) is 0 Å². The van der Waals surface area contributed by atoms with Gasteiger partial charge in [-0.1, -0.05) is 29.8 Å². The third-order valence-electron chi connectivity index (χ3n) is 6.72. The maximum atomic E-state index is 13.9. The van der Waals surface area contributed by atoms with Gasteiger partial charge in [-0.25, -0.2) is 0 Å². The molecule has 37 heavy (non-hydrogen) atoms. The van der Waals surface area contributed by atoms with Gasteiger partial charge in [0.25, 0.3) is 5.91 Å². The lowest BCUT2D eigenvalue weighted by molar-refractivity contribution is -0.117. The van der Waals surface area contributed by atoms with Gasteiger partial charge in [-0.3, -0.25) is 14.5 Å². The number of furan rings is 1. The summed E-state index contributed by atoms with van der Waals surface area (Å²) in [6.45, 7) is 0. The fourth-order valence-corrected chi connectivity index (χ4v) is 5.07. The molecule has 1 aliphatic heterocycles. The number of ketones is 1. The Morgan fingerprint density at radius 2 is 1.81 bits per heavy atom. The highest BCUT2D eigenvalue weighted by atomic mass is 35.5. The van der Waals surface area contributed by atoms with Crippen molar-refractivity contribution in [3.63, 3.8) is 0 Å². The van der Waals surface area contributed by atoms with E-state index in [-0.39, 0.29) is 11.3 Å². The normalized spacial score (nSPS) is 15.8. The molecule has 3 heterocycles. The summed E-state index contributed by atoms with van der Waals surface area (Å²) < 4.78 is 5.82. The highest BCUT2D eigenvalue weighted by Crippen LogP contribution is 2.44. The summed E-state index contributed by atoms with van der Waals surface area (Å²) in [5.74, 6) is -1.81. The molecule has 0 saturated carbocycles. The minimum Gasteiger partial charge on any atom is -0.503 e. The Balaban J connectivity index is 1.52. The lowest BCUT2D eigenvalue weighted by Gasteiger charge is -2.27. The number of Topliss-reactive ketones (excluding diaryl/α,β-unsaturated/α-hetero) is 1. The van der Waals surface area contributed by atoms with Gasteiger partial charge in [0, 0.05) is 58.5 Å². The molecule has 0 saturated heterocycles. The van der Waals surface area contributed by atoms with Crippen LogP contribution < -0.4 is 9.80 Å². The first-order chi connectivity index (χ1) is 17.8. The van der Waals surface area contributed by atoms with Crippen molar-refractivity contribution in [1.29, 1.82) is 0 Å². The lowest BCUT2D eigenvalue weighted by atomic mass is 9.94. The number of hydrogen-bond donors (Lipinski definition) is 2. The third kappa shape index (κ3) is 3.67. The molecule has 2 aromatic heterocycles. The number of aromatic nitrogens is 1. The molecule has 0 radical (unpaired) electrons. The fraction of sp³-hybridized carbons (Fsp3) is 0.103. The van der Waals surface area contributed by atoms with Crippen LogP contribution in [0.3, 0.4) is 0 Å². The van der Waals surface area contributed by atoms with Gasteiger partial charge in [-0.2, -0.15) is 0 Å². The molecule has 3 aromatic carbocycles. The van der Waals surface area contributed by atoms with Crippen molar-refractivity contribution in [2.75, 3.05) is 23.9 Å². The predicted molar refractivity (Wildman–Crippen MR) is 145 cm³/mol. The van der Waals surface area contributed by atoms with E-state index in [9.17, 15) is 14.7 Å². The number of rotatable bonds is 5. The van der Waals surface area contributed by atoms with Crippen LogP contribution in [-0.4, -0.2) is 35.9 Å². The average molecular weight is 512 g/mol. The predicted octanol–water partition coefficient (Wildman–Crippen LogP) is 6.42. The van der Waals surface area contributed by atoms with Gasteiger partial charge in [0.2, 0.25) is 5.78 Å². The molecule has 1 amide bonds. The smallest absolute Gasteiger partial charge is 0.294 e. The van der Waals surface area contributed by atoms with E-state index in [0.29, 0.717) is 27.2 Å². The second kappa shape index (κ2) is 8.57. The van der Waals surface area contributed by atoms with Crippen molar-refractivity contribution in [2.24, 2.45) is 0 Å². The number of nitrogens with zero attached hydrogens (tertiary/aromatic N) is 2. The number of amides is 1. The van der Waals surface area contributed by atoms with E-state index in [1.807, 2.05) is 55.4 Å². The van der Waals surface area contributed by atoms with Crippen molar-refractivity contribution in [3.8, 4) is 0 Å². The van der Waals surface area contributed by atoms with Crippen LogP contribution in [0.1, 0.15) is 22.2 Å². The van der Waals surface area contributed by atoms with E-state index in [2.05, 4.69) is 4.98 Å². The number of H-pyrrole nitrogens is 1. The van der Waals surface area contributed by atoms with E-state index < -0.39 is 23.5 Å². The first kappa shape index (κ1) is 22.9.